The molecule has 0 saturated carbocycles. The first-order valence-electron chi connectivity index (χ1n) is 4.49. The molecule has 1 rings (SSSR count). The van der Waals surface area contributed by atoms with E-state index in [4.69, 9.17) is 6.42 Å². The van der Waals surface area contributed by atoms with Gasteiger partial charge in [-0.25, -0.2) is 13.4 Å². The summed E-state index contributed by atoms with van der Waals surface area (Å²) in [7, 11) is -3.31. The zero-order valence-corrected chi connectivity index (χ0v) is 9.00. The second-order valence-electron chi connectivity index (χ2n) is 2.94. The summed E-state index contributed by atoms with van der Waals surface area (Å²) in [6.07, 6.45) is 7.48. The molecule has 0 aliphatic carbocycles. The summed E-state index contributed by atoms with van der Waals surface area (Å²) >= 11 is 0. The van der Waals surface area contributed by atoms with Crippen molar-refractivity contribution < 1.29 is 8.42 Å². The molecule has 0 unspecified atom stereocenters. The first kappa shape index (κ1) is 11.5. The van der Waals surface area contributed by atoms with Crippen LogP contribution in [-0.4, -0.2) is 19.2 Å². The molecule has 0 aromatic carbocycles. The molecule has 0 aliphatic rings. The van der Waals surface area contributed by atoms with E-state index < -0.39 is 10.0 Å². The van der Waals surface area contributed by atoms with E-state index in [-0.39, 0.29) is 5.75 Å². The number of terminal acetylenes is 1. The average Bonchev–Trinajstić information content (AvgIpc) is 2.18. The van der Waals surface area contributed by atoms with Crippen LogP contribution in [0.25, 0.3) is 0 Å². The Kier molecular flexibility index (Phi) is 4.13. The Morgan fingerprint density at radius 3 is 2.87 bits per heavy atom. The fourth-order valence-corrected chi connectivity index (χ4v) is 2.06. The maximum atomic E-state index is 11.5. The zero-order chi connectivity index (χ0) is 11.1. The van der Waals surface area contributed by atoms with E-state index in [9.17, 15) is 8.42 Å². The quantitative estimate of drug-likeness (QED) is 0.604. The molecule has 0 radical (unpaired) electrons. The smallest absolute Gasteiger partial charge is 0.233 e. The second kappa shape index (κ2) is 5.37. The summed E-state index contributed by atoms with van der Waals surface area (Å²) in [6.45, 7) is 0. The number of nitrogens with one attached hydrogen (secondary N) is 1. The van der Waals surface area contributed by atoms with Gasteiger partial charge >= 0.3 is 0 Å². The largest absolute Gasteiger partial charge is 0.267 e. The van der Waals surface area contributed by atoms with Crippen LogP contribution in [0.3, 0.4) is 0 Å². The molecule has 0 aliphatic heterocycles. The number of anilines is 1. The number of pyridine rings is 1. The highest BCUT2D eigenvalue weighted by atomic mass is 32.2. The lowest BCUT2D eigenvalue weighted by Gasteiger charge is -2.05. The highest BCUT2D eigenvalue weighted by molar-refractivity contribution is 7.92. The summed E-state index contributed by atoms with van der Waals surface area (Å²) < 4.78 is 25.3. The molecule has 0 atom stereocenters. The number of unbranched alkanes of at least 4 members (excludes halogenated alkanes) is 1. The SMILES string of the molecule is C#CCCCS(=O)(=O)Nc1ccccn1. The minimum absolute atomic E-state index is 0.0216. The minimum atomic E-state index is -3.31. The van der Waals surface area contributed by atoms with Gasteiger partial charge in [0, 0.05) is 12.6 Å². The van der Waals surface area contributed by atoms with Crippen molar-refractivity contribution in [2.24, 2.45) is 0 Å². The van der Waals surface area contributed by atoms with E-state index in [1.807, 2.05) is 0 Å². The number of hydrogen-bond acceptors (Lipinski definition) is 3. The topological polar surface area (TPSA) is 59.1 Å². The van der Waals surface area contributed by atoms with Crippen LogP contribution in [0.15, 0.2) is 24.4 Å². The minimum Gasteiger partial charge on any atom is -0.267 e. The summed E-state index contributed by atoms with van der Waals surface area (Å²) in [6, 6.07) is 5.03. The number of hydrogen-bond donors (Lipinski definition) is 1. The Morgan fingerprint density at radius 2 is 2.27 bits per heavy atom. The van der Waals surface area contributed by atoms with Gasteiger partial charge in [0.25, 0.3) is 0 Å². The number of rotatable bonds is 5. The van der Waals surface area contributed by atoms with Crippen LogP contribution in [-0.2, 0) is 10.0 Å². The van der Waals surface area contributed by atoms with Gasteiger partial charge in [0.1, 0.15) is 5.82 Å². The van der Waals surface area contributed by atoms with Crippen molar-refractivity contribution in [2.45, 2.75) is 12.8 Å². The van der Waals surface area contributed by atoms with Gasteiger partial charge in [0.15, 0.2) is 0 Å². The van der Waals surface area contributed by atoms with Gasteiger partial charge in [0.2, 0.25) is 10.0 Å². The Balaban J connectivity index is 2.54. The normalized spacial score (nSPS) is 10.6. The molecule has 1 N–H and O–H groups in total. The lowest BCUT2D eigenvalue weighted by Crippen LogP contribution is -2.17. The summed E-state index contributed by atoms with van der Waals surface area (Å²) in [5.74, 6) is 2.75. The maximum Gasteiger partial charge on any atom is 0.233 e. The molecule has 1 aromatic rings. The zero-order valence-electron chi connectivity index (χ0n) is 8.18. The Morgan fingerprint density at radius 1 is 1.47 bits per heavy atom. The Bertz CT molecular complexity index is 434. The molecule has 0 bridgehead atoms. The van der Waals surface area contributed by atoms with Crippen molar-refractivity contribution in [1.82, 2.24) is 4.98 Å². The van der Waals surface area contributed by atoms with Crippen molar-refractivity contribution in [3.8, 4) is 12.3 Å². The fourth-order valence-electron chi connectivity index (χ4n) is 0.998. The molecular formula is C10H12N2O2S. The van der Waals surface area contributed by atoms with E-state index in [1.165, 1.54) is 6.20 Å². The fraction of sp³-hybridized carbons (Fsp3) is 0.300. The molecule has 1 heterocycles. The van der Waals surface area contributed by atoms with Gasteiger partial charge in [-0.1, -0.05) is 6.07 Å². The molecule has 0 amide bonds. The second-order valence-corrected chi connectivity index (χ2v) is 4.79. The van der Waals surface area contributed by atoms with E-state index in [2.05, 4.69) is 15.6 Å². The molecule has 5 heteroatoms. The van der Waals surface area contributed by atoms with Crippen molar-refractivity contribution in [3.05, 3.63) is 24.4 Å². The van der Waals surface area contributed by atoms with Gasteiger partial charge in [0.05, 0.1) is 5.75 Å². The van der Waals surface area contributed by atoms with Crippen LogP contribution in [0, 0.1) is 12.3 Å². The standard InChI is InChI=1S/C10H12N2O2S/c1-2-3-6-9-15(13,14)12-10-7-4-5-8-11-10/h1,4-5,7-8H,3,6,9H2,(H,11,12). The molecule has 0 fully saturated rings. The van der Waals surface area contributed by atoms with E-state index in [0.717, 1.165) is 0 Å². The van der Waals surface area contributed by atoms with E-state index in [0.29, 0.717) is 18.7 Å². The summed E-state index contributed by atoms with van der Waals surface area (Å²) in [5, 5.41) is 0. The molecule has 0 saturated heterocycles. The van der Waals surface area contributed by atoms with Gasteiger partial charge in [-0.15, -0.1) is 12.3 Å². The van der Waals surface area contributed by atoms with E-state index >= 15 is 0 Å². The van der Waals surface area contributed by atoms with Crippen LogP contribution in [0.4, 0.5) is 5.82 Å². The number of sulfonamides is 1. The third-order valence-corrected chi connectivity index (χ3v) is 3.01. The van der Waals surface area contributed by atoms with Crippen molar-refractivity contribution >= 4 is 15.8 Å². The van der Waals surface area contributed by atoms with E-state index in [1.54, 1.807) is 18.2 Å². The highest BCUT2D eigenvalue weighted by Gasteiger charge is 2.09. The Labute approximate surface area is 89.8 Å². The van der Waals surface area contributed by atoms with Crippen LogP contribution < -0.4 is 4.72 Å². The monoisotopic (exact) mass is 224 g/mol. The third-order valence-electron chi connectivity index (χ3n) is 1.66. The third kappa shape index (κ3) is 4.47. The first-order chi connectivity index (χ1) is 7.14. The van der Waals surface area contributed by atoms with Gasteiger partial charge in [-0.3, -0.25) is 4.72 Å². The summed E-state index contributed by atoms with van der Waals surface area (Å²) in [4.78, 5) is 3.86. The highest BCUT2D eigenvalue weighted by Crippen LogP contribution is 2.05. The number of aromatic nitrogens is 1. The molecule has 80 valence electrons. The maximum absolute atomic E-state index is 11.5. The first-order valence-corrected chi connectivity index (χ1v) is 6.14. The van der Waals surface area contributed by atoms with Crippen LogP contribution in [0.1, 0.15) is 12.8 Å². The van der Waals surface area contributed by atoms with Crippen molar-refractivity contribution in [3.63, 3.8) is 0 Å². The van der Waals surface area contributed by atoms with Gasteiger partial charge < -0.3 is 0 Å². The summed E-state index contributed by atoms with van der Waals surface area (Å²) in [5.41, 5.74) is 0. The van der Waals surface area contributed by atoms with Gasteiger partial charge in [-0.05, 0) is 18.6 Å². The molecule has 4 nitrogen and oxygen atoms in total. The molecule has 15 heavy (non-hydrogen) atoms. The predicted molar refractivity (Wildman–Crippen MR) is 59.7 cm³/mol. The van der Waals surface area contributed by atoms with Gasteiger partial charge in [-0.2, -0.15) is 0 Å². The predicted octanol–water partition coefficient (Wildman–Crippen LogP) is 1.24. The van der Waals surface area contributed by atoms with Crippen LogP contribution in [0.5, 0.6) is 0 Å². The lowest BCUT2D eigenvalue weighted by atomic mass is 10.4. The lowest BCUT2D eigenvalue weighted by molar-refractivity contribution is 0.599. The molecular weight excluding hydrogens is 212 g/mol. The van der Waals surface area contributed by atoms with Crippen LogP contribution in [0.2, 0.25) is 0 Å². The molecule has 1 aromatic heterocycles. The number of nitrogens with zero attached hydrogens (tertiary/aromatic N) is 1. The Hall–Kier alpha value is -1.54. The van der Waals surface area contributed by atoms with Crippen LogP contribution >= 0.6 is 0 Å². The average molecular weight is 224 g/mol. The van der Waals surface area contributed by atoms with Crippen molar-refractivity contribution in [1.29, 1.82) is 0 Å². The molecule has 0 spiro atoms. The van der Waals surface area contributed by atoms with Crippen molar-refractivity contribution in [2.75, 3.05) is 10.5 Å².